The summed E-state index contributed by atoms with van der Waals surface area (Å²) >= 11 is 0. The summed E-state index contributed by atoms with van der Waals surface area (Å²) in [6.45, 7) is 4.51. The third-order valence-electron chi connectivity index (χ3n) is 6.58. The molecule has 37 heavy (non-hydrogen) atoms. The summed E-state index contributed by atoms with van der Waals surface area (Å²) in [6, 6.07) is 15.4. The fraction of sp³-hybridized carbons (Fsp3) is 0.625. The SMILES string of the molecule is CCCCCCCCCCc1ccccc1O.CCCCCCCCCCc1ccccc1O.O.O.[Co]. The summed E-state index contributed by atoms with van der Waals surface area (Å²) < 4.78 is 0. The normalized spacial score (nSPS) is 9.78. The smallest absolute Gasteiger partial charge is 0.118 e. The molecule has 0 fully saturated rings. The summed E-state index contributed by atoms with van der Waals surface area (Å²) in [7, 11) is 0. The van der Waals surface area contributed by atoms with Crippen LogP contribution in [-0.2, 0) is 29.6 Å². The van der Waals surface area contributed by atoms with Crippen LogP contribution in [0.3, 0.4) is 0 Å². The van der Waals surface area contributed by atoms with E-state index in [4.69, 9.17) is 0 Å². The minimum atomic E-state index is 0. The van der Waals surface area contributed by atoms with Crippen molar-refractivity contribution in [2.45, 2.75) is 129 Å². The van der Waals surface area contributed by atoms with E-state index < -0.39 is 0 Å². The number of phenolic OH excluding ortho intramolecular Hbond substituents is 2. The average molecular weight is 564 g/mol. The molecule has 0 aromatic heterocycles. The molecular formula is C32H56CoO4. The summed E-state index contributed by atoms with van der Waals surface area (Å²) in [5, 5.41) is 19.2. The van der Waals surface area contributed by atoms with Gasteiger partial charge in [0.2, 0.25) is 0 Å². The second-order valence-electron chi connectivity index (χ2n) is 9.71. The Hall–Kier alpha value is -1.53. The summed E-state index contributed by atoms with van der Waals surface area (Å²) in [5.41, 5.74) is 2.19. The van der Waals surface area contributed by atoms with Gasteiger partial charge in [0, 0.05) is 16.8 Å². The average Bonchev–Trinajstić information content (AvgIpc) is 2.85. The zero-order chi connectivity index (χ0) is 24.7. The molecule has 217 valence electrons. The number of unbranched alkanes of at least 4 members (excludes halogenated alkanes) is 14. The van der Waals surface area contributed by atoms with Crippen molar-refractivity contribution in [3.8, 4) is 11.5 Å². The molecule has 0 heterocycles. The van der Waals surface area contributed by atoms with Crippen LogP contribution in [0.4, 0.5) is 0 Å². The molecule has 2 rings (SSSR count). The molecular weight excluding hydrogens is 507 g/mol. The first kappa shape index (κ1) is 40.0. The van der Waals surface area contributed by atoms with Gasteiger partial charge in [-0.1, -0.05) is 140 Å². The Morgan fingerprint density at radius 1 is 0.432 bits per heavy atom. The predicted molar refractivity (Wildman–Crippen MR) is 156 cm³/mol. The molecule has 0 bridgehead atoms. The molecule has 4 nitrogen and oxygen atoms in total. The second-order valence-corrected chi connectivity index (χ2v) is 9.71. The van der Waals surface area contributed by atoms with Crippen LogP contribution in [0.1, 0.15) is 128 Å². The number of benzene rings is 2. The van der Waals surface area contributed by atoms with E-state index in [1.165, 1.54) is 103 Å². The second kappa shape index (κ2) is 29.0. The van der Waals surface area contributed by atoms with Crippen molar-refractivity contribution in [1.82, 2.24) is 0 Å². The monoisotopic (exact) mass is 563 g/mol. The van der Waals surface area contributed by atoms with Crippen molar-refractivity contribution < 1.29 is 37.9 Å². The zero-order valence-electron chi connectivity index (χ0n) is 23.6. The quantitative estimate of drug-likeness (QED) is 0.178. The maximum atomic E-state index is 9.61. The standard InChI is InChI=1S/2C16H26O.Co.2H2O/c2*1-2-3-4-5-6-7-8-9-12-15-13-10-11-14-16(15)17;;;/h2*10-11,13-14,17H,2-9,12H2,1H3;;2*1H2. The molecule has 0 saturated heterocycles. The first-order chi connectivity index (χ1) is 16.7. The molecule has 0 saturated carbocycles. The molecule has 0 atom stereocenters. The molecule has 6 N–H and O–H groups in total. The number of phenols is 2. The number of aromatic hydroxyl groups is 2. The van der Waals surface area contributed by atoms with Crippen molar-refractivity contribution in [2.24, 2.45) is 0 Å². The Morgan fingerprint density at radius 3 is 1.00 bits per heavy atom. The minimum absolute atomic E-state index is 0. The van der Waals surface area contributed by atoms with E-state index in [0.717, 1.165) is 24.0 Å². The third kappa shape index (κ3) is 22.2. The number of para-hydroxylation sites is 2. The maximum absolute atomic E-state index is 9.61. The van der Waals surface area contributed by atoms with Crippen LogP contribution in [0.2, 0.25) is 0 Å². The molecule has 0 unspecified atom stereocenters. The number of aryl methyl sites for hydroxylation is 2. The van der Waals surface area contributed by atoms with E-state index in [0.29, 0.717) is 11.5 Å². The molecule has 2 aromatic rings. The van der Waals surface area contributed by atoms with Crippen molar-refractivity contribution in [3.63, 3.8) is 0 Å². The Morgan fingerprint density at radius 2 is 0.703 bits per heavy atom. The van der Waals surface area contributed by atoms with Crippen molar-refractivity contribution in [1.29, 1.82) is 0 Å². The summed E-state index contributed by atoms with van der Waals surface area (Å²) in [6.07, 6.45) is 23.5. The van der Waals surface area contributed by atoms with E-state index >= 15 is 0 Å². The van der Waals surface area contributed by atoms with Crippen LogP contribution in [0.25, 0.3) is 0 Å². The van der Waals surface area contributed by atoms with Gasteiger partial charge in [0.25, 0.3) is 0 Å². The van der Waals surface area contributed by atoms with E-state index in [2.05, 4.69) is 13.8 Å². The van der Waals surface area contributed by atoms with E-state index in [-0.39, 0.29) is 27.7 Å². The summed E-state index contributed by atoms with van der Waals surface area (Å²) in [4.78, 5) is 0. The van der Waals surface area contributed by atoms with Gasteiger partial charge in [-0.05, 0) is 48.9 Å². The molecule has 1 radical (unpaired) electrons. The first-order valence-corrected chi connectivity index (χ1v) is 14.2. The van der Waals surface area contributed by atoms with E-state index in [9.17, 15) is 10.2 Å². The van der Waals surface area contributed by atoms with Crippen LogP contribution in [0, 0.1) is 0 Å². The topological polar surface area (TPSA) is 103 Å². The van der Waals surface area contributed by atoms with Crippen LogP contribution in [0.5, 0.6) is 11.5 Å². The van der Waals surface area contributed by atoms with Crippen LogP contribution >= 0.6 is 0 Å². The van der Waals surface area contributed by atoms with Crippen molar-refractivity contribution in [2.75, 3.05) is 0 Å². The van der Waals surface area contributed by atoms with Gasteiger partial charge in [-0.3, -0.25) is 0 Å². The Bertz CT molecular complexity index is 662. The van der Waals surface area contributed by atoms with Crippen molar-refractivity contribution in [3.05, 3.63) is 59.7 Å². The molecule has 0 aliphatic heterocycles. The fourth-order valence-electron chi connectivity index (χ4n) is 4.34. The molecule has 5 heteroatoms. The molecule has 0 aliphatic rings. The third-order valence-corrected chi connectivity index (χ3v) is 6.58. The van der Waals surface area contributed by atoms with Gasteiger partial charge in [-0.2, -0.15) is 0 Å². The summed E-state index contributed by atoms with van der Waals surface area (Å²) in [5.74, 6) is 0.908. The Labute approximate surface area is 238 Å². The minimum Gasteiger partial charge on any atom is -0.508 e. The number of rotatable bonds is 18. The zero-order valence-corrected chi connectivity index (χ0v) is 24.6. The molecule has 2 aromatic carbocycles. The van der Waals surface area contributed by atoms with Crippen LogP contribution < -0.4 is 0 Å². The van der Waals surface area contributed by atoms with Gasteiger partial charge in [-0.25, -0.2) is 0 Å². The Kier molecular flexibility index (Phi) is 31.4. The van der Waals surface area contributed by atoms with Gasteiger partial charge in [0.1, 0.15) is 11.5 Å². The van der Waals surface area contributed by atoms with Gasteiger partial charge in [0.15, 0.2) is 0 Å². The number of hydrogen-bond donors (Lipinski definition) is 2. The first-order valence-electron chi connectivity index (χ1n) is 14.2. The molecule has 0 amide bonds. The van der Waals surface area contributed by atoms with Gasteiger partial charge in [0.05, 0.1) is 0 Å². The molecule has 0 spiro atoms. The largest absolute Gasteiger partial charge is 0.508 e. The van der Waals surface area contributed by atoms with Crippen LogP contribution in [0.15, 0.2) is 48.5 Å². The van der Waals surface area contributed by atoms with Gasteiger partial charge < -0.3 is 21.2 Å². The number of hydrogen-bond acceptors (Lipinski definition) is 2. The fourth-order valence-corrected chi connectivity index (χ4v) is 4.34. The van der Waals surface area contributed by atoms with Crippen LogP contribution in [-0.4, -0.2) is 21.2 Å². The predicted octanol–water partition coefficient (Wildman–Crippen LogP) is 8.50. The van der Waals surface area contributed by atoms with E-state index in [1.54, 1.807) is 12.1 Å². The van der Waals surface area contributed by atoms with Gasteiger partial charge >= 0.3 is 0 Å². The maximum Gasteiger partial charge on any atom is 0.118 e. The van der Waals surface area contributed by atoms with Gasteiger partial charge in [-0.15, -0.1) is 0 Å². The van der Waals surface area contributed by atoms with E-state index in [1.807, 2.05) is 36.4 Å². The van der Waals surface area contributed by atoms with Crippen molar-refractivity contribution >= 4 is 0 Å². The molecule has 0 aliphatic carbocycles. The Balaban J connectivity index is -0.000000578.